The molecule has 2 aliphatic heterocycles. The molecule has 33 heavy (non-hydrogen) atoms. The molecule has 5 atom stereocenters. The number of aryl methyl sites for hydroxylation is 1. The van der Waals surface area contributed by atoms with Gasteiger partial charge in [-0.15, -0.1) is 0 Å². The minimum absolute atomic E-state index is 0.00403. The molecule has 1 aromatic heterocycles. The summed E-state index contributed by atoms with van der Waals surface area (Å²) in [6.07, 6.45) is 3.30. The first kappa shape index (κ1) is 23.3. The Morgan fingerprint density at radius 1 is 1.24 bits per heavy atom. The van der Waals surface area contributed by atoms with Crippen LogP contribution in [0, 0.1) is 6.92 Å². The molecule has 2 saturated heterocycles. The molecule has 0 bridgehead atoms. The molecule has 8 nitrogen and oxygen atoms in total. The van der Waals surface area contributed by atoms with Crippen molar-refractivity contribution in [2.45, 2.75) is 70.6 Å². The summed E-state index contributed by atoms with van der Waals surface area (Å²) in [5.74, 6) is -0.187. The Bertz CT molecular complexity index is 1060. The van der Waals surface area contributed by atoms with Crippen LogP contribution in [0.15, 0.2) is 24.4 Å². The summed E-state index contributed by atoms with van der Waals surface area (Å²) in [5, 5.41) is 6.98. The number of aromatic amines is 1. The van der Waals surface area contributed by atoms with Gasteiger partial charge in [0.15, 0.2) is 0 Å². The highest BCUT2D eigenvalue weighted by Gasteiger charge is 2.52. The maximum atomic E-state index is 13.7. The minimum atomic E-state index is -0.579. The van der Waals surface area contributed by atoms with Gasteiger partial charge < -0.3 is 25.4 Å². The van der Waals surface area contributed by atoms with Crippen LogP contribution in [0.25, 0.3) is 10.9 Å². The van der Waals surface area contributed by atoms with E-state index in [1.165, 1.54) is 5.56 Å². The number of nitrogens with one attached hydrogen (secondary N) is 3. The zero-order valence-corrected chi connectivity index (χ0v) is 20.1. The molecular weight excluding hydrogens is 418 g/mol. The van der Waals surface area contributed by atoms with Gasteiger partial charge in [-0.25, -0.2) is 0 Å². The first-order valence-electron chi connectivity index (χ1n) is 11.9. The zero-order valence-electron chi connectivity index (χ0n) is 20.1. The highest BCUT2D eigenvalue weighted by molar-refractivity contribution is 5.90. The van der Waals surface area contributed by atoms with Crippen LogP contribution in [0.4, 0.5) is 0 Å². The lowest BCUT2D eigenvalue weighted by atomic mass is 9.90. The molecule has 2 fully saturated rings. The third-order valence-corrected chi connectivity index (χ3v) is 7.43. The summed E-state index contributed by atoms with van der Waals surface area (Å²) < 4.78 is 0. The summed E-state index contributed by atoms with van der Waals surface area (Å²) >= 11 is 0. The highest BCUT2D eigenvalue weighted by atomic mass is 16.2. The van der Waals surface area contributed by atoms with Crippen LogP contribution < -0.4 is 10.6 Å². The van der Waals surface area contributed by atoms with Gasteiger partial charge in [-0.05, 0) is 51.4 Å². The van der Waals surface area contributed by atoms with Gasteiger partial charge in [-0.1, -0.05) is 18.6 Å². The summed E-state index contributed by atoms with van der Waals surface area (Å²) in [4.78, 5) is 45.8. The van der Waals surface area contributed by atoms with E-state index >= 15 is 0 Å². The zero-order chi connectivity index (χ0) is 23.9. The molecule has 2 aliphatic rings. The van der Waals surface area contributed by atoms with Crippen LogP contribution in [-0.4, -0.2) is 76.8 Å². The third kappa shape index (κ3) is 4.12. The molecular formula is C25H35N5O3. The number of likely N-dealkylation sites (tertiary alicyclic amines) is 2. The predicted octanol–water partition coefficient (Wildman–Crippen LogP) is 1.89. The van der Waals surface area contributed by atoms with E-state index in [1.54, 1.807) is 20.9 Å². The number of carbonyl (C=O) groups excluding carboxylic acids is 3. The second-order valence-electron chi connectivity index (χ2n) is 9.43. The van der Waals surface area contributed by atoms with Gasteiger partial charge in [0.2, 0.25) is 17.7 Å². The molecule has 3 heterocycles. The number of hydrogen-bond donors (Lipinski definition) is 3. The predicted molar refractivity (Wildman–Crippen MR) is 128 cm³/mol. The van der Waals surface area contributed by atoms with Crippen molar-refractivity contribution in [1.29, 1.82) is 0 Å². The molecule has 3 N–H and O–H groups in total. The van der Waals surface area contributed by atoms with Crippen molar-refractivity contribution < 1.29 is 14.4 Å². The van der Waals surface area contributed by atoms with Crippen LogP contribution >= 0.6 is 0 Å². The number of likely N-dealkylation sites (N-methyl/N-ethyl adjacent to an activating group) is 1. The Balaban J connectivity index is 1.66. The largest absolute Gasteiger partial charge is 0.361 e. The van der Waals surface area contributed by atoms with Gasteiger partial charge in [0, 0.05) is 43.0 Å². The molecule has 178 valence electrons. The number of H-pyrrole nitrogens is 1. The van der Waals surface area contributed by atoms with Crippen LogP contribution in [0.2, 0.25) is 0 Å². The van der Waals surface area contributed by atoms with Crippen LogP contribution in [-0.2, 0) is 14.4 Å². The van der Waals surface area contributed by atoms with Crippen LogP contribution in [0.5, 0.6) is 0 Å². The van der Waals surface area contributed by atoms with Crippen molar-refractivity contribution in [3.63, 3.8) is 0 Å². The molecule has 0 saturated carbocycles. The van der Waals surface area contributed by atoms with Crippen molar-refractivity contribution in [1.82, 2.24) is 25.4 Å². The number of carbonyl (C=O) groups is 3. The normalized spacial score (nSPS) is 24.1. The van der Waals surface area contributed by atoms with E-state index in [1.807, 2.05) is 22.9 Å². The molecule has 0 aliphatic carbocycles. The van der Waals surface area contributed by atoms with Gasteiger partial charge >= 0.3 is 0 Å². The Hall–Kier alpha value is -2.87. The Kier molecular flexibility index (Phi) is 6.47. The number of aromatic nitrogens is 1. The quantitative estimate of drug-likeness (QED) is 0.622. The maximum absolute atomic E-state index is 13.7. The van der Waals surface area contributed by atoms with E-state index in [0.717, 1.165) is 22.9 Å². The molecule has 2 aromatic rings. The van der Waals surface area contributed by atoms with Crippen molar-refractivity contribution in [3.8, 4) is 0 Å². The first-order valence-corrected chi connectivity index (χ1v) is 11.9. The number of amides is 3. The van der Waals surface area contributed by atoms with E-state index in [-0.39, 0.29) is 41.8 Å². The maximum Gasteiger partial charge on any atom is 0.245 e. The Morgan fingerprint density at radius 3 is 2.67 bits per heavy atom. The smallest absolute Gasteiger partial charge is 0.245 e. The minimum Gasteiger partial charge on any atom is -0.361 e. The summed E-state index contributed by atoms with van der Waals surface area (Å²) in [6, 6.07) is 5.26. The molecule has 0 unspecified atom stereocenters. The highest BCUT2D eigenvalue weighted by Crippen LogP contribution is 2.43. The van der Waals surface area contributed by atoms with Gasteiger partial charge in [0.1, 0.15) is 6.04 Å². The molecule has 0 radical (unpaired) electrons. The van der Waals surface area contributed by atoms with E-state index in [2.05, 4.69) is 40.7 Å². The SMILES string of the molecule is CC[C@H](NC(=O)[C@H](C)NC)C(=O)N1CC[C@@H]2[C@H]1[C@@H](c1c[nH]c3ccc(C)cc13)CN2C(C)=O. The van der Waals surface area contributed by atoms with Crippen molar-refractivity contribution >= 4 is 28.6 Å². The third-order valence-electron chi connectivity index (χ3n) is 7.43. The standard InChI is InChI=1S/C25H35N5O3/c1-6-20(28-24(32)15(3)26-5)25(33)29-10-9-22-23(29)19(13-30(22)16(4)31)18-12-27-21-8-7-14(2)11-17(18)21/h7-8,11-12,15,19-20,22-23,26-27H,6,9-10,13H2,1-5H3,(H,28,32)/t15-,19+,20-,22+,23+/m0/s1. The lowest BCUT2D eigenvalue weighted by Crippen LogP contribution is -2.54. The molecule has 1 aromatic carbocycles. The number of nitrogens with zero attached hydrogens (tertiary/aromatic N) is 2. The van der Waals surface area contributed by atoms with Crippen molar-refractivity contribution in [2.75, 3.05) is 20.1 Å². The van der Waals surface area contributed by atoms with Crippen molar-refractivity contribution in [3.05, 3.63) is 35.5 Å². The average Bonchev–Trinajstić information content (AvgIpc) is 3.49. The fraction of sp³-hybridized carbons (Fsp3) is 0.560. The van der Waals surface area contributed by atoms with E-state index in [9.17, 15) is 14.4 Å². The van der Waals surface area contributed by atoms with E-state index in [0.29, 0.717) is 19.5 Å². The monoisotopic (exact) mass is 453 g/mol. The summed E-state index contributed by atoms with van der Waals surface area (Å²) in [7, 11) is 1.72. The van der Waals surface area contributed by atoms with Crippen LogP contribution in [0.1, 0.15) is 50.7 Å². The van der Waals surface area contributed by atoms with E-state index in [4.69, 9.17) is 0 Å². The van der Waals surface area contributed by atoms with Gasteiger partial charge in [0.05, 0.1) is 18.1 Å². The number of fused-ring (bicyclic) bond motifs is 2. The first-order chi connectivity index (χ1) is 15.8. The molecule has 4 rings (SSSR count). The lowest BCUT2D eigenvalue weighted by molar-refractivity contribution is -0.138. The van der Waals surface area contributed by atoms with Gasteiger partial charge in [-0.2, -0.15) is 0 Å². The number of rotatable bonds is 6. The van der Waals surface area contributed by atoms with E-state index < -0.39 is 6.04 Å². The fourth-order valence-corrected chi connectivity index (χ4v) is 5.51. The number of hydrogen-bond acceptors (Lipinski definition) is 4. The summed E-state index contributed by atoms with van der Waals surface area (Å²) in [6.45, 7) is 8.55. The second-order valence-corrected chi connectivity index (χ2v) is 9.43. The Labute approximate surface area is 195 Å². The summed E-state index contributed by atoms with van der Waals surface area (Å²) in [5.41, 5.74) is 3.38. The number of benzene rings is 1. The second kappa shape index (κ2) is 9.17. The van der Waals surface area contributed by atoms with Gasteiger partial charge in [0.25, 0.3) is 0 Å². The van der Waals surface area contributed by atoms with Crippen LogP contribution in [0.3, 0.4) is 0 Å². The van der Waals surface area contributed by atoms with Crippen molar-refractivity contribution in [2.24, 2.45) is 0 Å². The lowest BCUT2D eigenvalue weighted by Gasteiger charge is -2.32. The average molecular weight is 454 g/mol. The Morgan fingerprint density at radius 2 is 2.00 bits per heavy atom. The fourth-order valence-electron chi connectivity index (χ4n) is 5.51. The topological polar surface area (TPSA) is 97.5 Å². The molecule has 8 heteroatoms. The molecule has 3 amide bonds. The van der Waals surface area contributed by atoms with Gasteiger partial charge in [-0.3, -0.25) is 14.4 Å². The molecule has 0 spiro atoms.